The Bertz CT molecular complexity index is 884. The summed E-state index contributed by atoms with van der Waals surface area (Å²) in [6, 6.07) is 15.8. The quantitative estimate of drug-likeness (QED) is 0.478. The highest BCUT2D eigenvalue weighted by molar-refractivity contribution is 8.18. The second-order valence-electron chi connectivity index (χ2n) is 6.42. The molecule has 1 aliphatic heterocycles. The molecular formula is C23H24N2O2S. The number of nitrogens with one attached hydrogen (secondary N) is 1. The number of carbonyl (C=O) groups is 1. The maximum atomic E-state index is 12.2. The lowest BCUT2D eigenvalue weighted by atomic mass is 10.1. The highest BCUT2D eigenvalue weighted by atomic mass is 32.2. The topological polar surface area (TPSA) is 50.7 Å². The number of benzene rings is 2. The Hall–Kier alpha value is -2.79. The summed E-state index contributed by atoms with van der Waals surface area (Å²) >= 11 is 1.35. The Labute approximate surface area is 170 Å². The molecule has 0 spiro atoms. The molecule has 0 atom stereocenters. The van der Waals surface area contributed by atoms with E-state index < -0.39 is 0 Å². The van der Waals surface area contributed by atoms with Crippen molar-refractivity contribution in [1.29, 1.82) is 0 Å². The van der Waals surface area contributed by atoms with Gasteiger partial charge in [-0.2, -0.15) is 0 Å². The molecule has 3 rings (SSSR count). The third-order valence-corrected chi connectivity index (χ3v) is 5.09. The molecule has 0 saturated carbocycles. The predicted molar refractivity (Wildman–Crippen MR) is 118 cm³/mol. The standard InChI is InChI=1S/C23H24N2O2S/c1-3-5-6-17-7-11-19(12-8-17)24-23-25-22(26)21(28-23)16-18-9-13-20(14-10-18)27-15-4-2/h4,7-14,16H,2-3,5-6,15H2,1H3,(H,24,25,26)/b21-16-. The fourth-order valence-electron chi connectivity index (χ4n) is 2.68. The average Bonchev–Trinajstić information content (AvgIpc) is 3.05. The van der Waals surface area contributed by atoms with Gasteiger partial charge in [0.2, 0.25) is 0 Å². The minimum atomic E-state index is -0.129. The molecule has 1 fully saturated rings. The Balaban J connectivity index is 1.66. The van der Waals surface area contributed by atoms with Crippen molar-refractivity contribution in [2.24, 2.45) is 4.99 Å². The van der Waals surface area contributed by atoms with E-state index in [0.717, 1.165) is 23.4 Å². The van der Waals surface area contributed by atoms with Gasteiger partial charge in [-0.25, -0.2) is 4.99 Å². The van der Waals surface area contributed by atoms with Crippen LogP contribution >= 0.6 is 11.8 Å². The fourth-order valence-corrected chi connectivity index (χ4v) is 3.52. The van der Waals surface area contributed by atoms with E-state index >= 15 is 0 Å². The Morgan fingerprint density at radius 3 is 2.57 bits per heavy atom. The minimum absolute atomic E-state index is 0.129. The number of thioether (sulfide) groups is 1. The van der Waals surface area contributed by atoms with Crippen molar-refractivity contribution in [2.45, 2.75) is 26.2 Å². The van der Waals surface area contributed by atoms with Crippen LogP contribution in [0.25, 0.3) is 6.08 Å². The first kappa shape index (κ1) is 20.0. The van der Waals surface area contributed by atoms with E-state index in [4.69, 9.17) is 4.74 Å². The summed E-state index contributed by atoms with van der Waals surface area (Å²) in [6.45, 7) is 6.29. The van der Waals surface area contributed by atoms with Crippen LogP contribution in [-0.4, -0.2) is 17.7 Å². The van der Waals surface area contributed by atoms with Gasteiger partial charge < -0.3 is 10.1 Å². The monoisotopic (exact) mass is 392 g/mol. The number of nitrogens with zero attached hydrogens (tertiary/aromatic N) is 1. The van der Waals surface area contributed by atoms with Crippen LogP contribution in [0.4, 0.5) is 5.69 Å². The molecule has 1 saturated heterocycles. The molecule has 28 heavy (non-hydrogen) atoms. The van der Waals surface area contributed by atoms with Crippen LogP contribution in [-0.2, 0) is 11.2 Å². The van der Waals surface area contributed by atoms with E-state index in [1.165, 1.54) is 30.2 Å². The zero-order valence-electron chi connectivity index (χ0n) is 16.0. The number of amidine groups is 1. The smallest absolute Gasteiger partial charge is 0.264 e. The zero-order valence-corrected chi connectivity index (χ0v) is 16.8. The first-order chi connectivity index (χ1) is 13.7. The van der Waals surface area contributed by atoms with Gasteiger partial charge in [-0.15, -0.1) is 0 Å². The average molecular weight is 393 g/mol. The van der Waals surface area contributed by atoms with Crippen LogP contribution in [0.5, 0.6) is 5.75 Å². The van der Waals surface area contributed by atoms with Crippen molar-refractivity contribution < 1.29 is 9.53 Å². The molecule has 1 amide bonds. The molecule has 5 heteroatoms. The molecule has 1 N–H and O–H groups in total. The van der Waals surface area contributed by atoms with Crippen molar-refractivity contribution in [3.8, 4) is 5.75 Å². The Morgan fingerprint density at radius 1 is 1.14 bits per heavy atom. The third-order valence-electron chi connectivity index (χ3n) is 4.18. The van der Waals surface area contributed by atoms with Crippen molar-refractivity contribution in [1.82, 2.24) is 5.32 Å². The van der Waals surface area contributed by atoms with Gasteiger partial charge >= 0.3 is 0 Å². The second-order valence-corrected chi connectivity index (χ2v) is 7.45. The molecule has 0 aromatic heterocycles. The van der Waals surface area contributed by atoms with Crippen LogP contribution in [0.1, 0.15) is 30.9 Å². The van der Waals surface area contributed by atoms with Crippen molar-refractivity contribution in [3.63, 3.8) is 0 Å². The van der Waals surface area contributed by atoms with Crippen molar-refractivity contribution in [3.05, 3.63) is 77.2 Å². The number of ether oxygens (including phenoxy) is 1. The van der Waals surface area contributed by atoms with E-state index in [0.29, 0.717) is 16.7 Å². The summed E-state index contributed by atoms with van der Waals surface area (Å²) in [5.74, 6) is 0.644. The SMILES string of the molecule is C=CCOc1ccc(/C=C2\SC(=Nc3ccc(CCCC)cc3)NC2=O)cc1. The maximum absolute atomic E-state index is 12.2. The zero-order chi connectivity index (χ0) is 19.8. The highest BCUT2D eigenvalue weighted by Gasteiger charge is 2.23. The minimum Gasteiger partial charge on any atom is -0.490 e. The first-order valence-corrected chi connectivity index (χ1v) is 10.2. The number of carbonyl (C=O) groups excluding carboxylic acids is 1. The molecular weight excluding hydrogens is 368 g/mol. The van der Waals surface area contributed by atoms with Gasteiger partial charge in [-0.3, -0.25) is 4.79 Å². The van der Waals surface area contributed by atoms with E-state index in [1.807, 2.05) is 42.5 Å². The number of unbranched alkanes of at least 4 members (excludes halogenated alkanes) is 1. The van der Waals surface area contributed by atoms with Crippen LogP contribution in [0.3, 0.4) is 0 Å². The molecule has 0 unspecified atom stereocenters. The molecule has 144 valence electrons. The second kappa shape index (κ2) is 9.95. The Kier molecular flexibility index (Phi) is 7.09. The van der Waals surface area contributed by atoms with Gasteiger partial charge in [0, 0.05) is 0 Å². The maximum Gasteiger partial charge on any atom is 0.264 e. The van der Waals surface area contributed by atoms with E-state index in [9.17, 15) is 4.79 Å². The van der Waals surface area contributed by atoms with E-state index in [1.54, 1.807) is 6.08 Å². The van der Waals surface area contributed by atoms with Gasteiger partial charge in [0.25, 0.3) is 5.91 Å². The molecule has 2 aromatic rings. The third kappa shape index (κ3) is 5.60. The number of hydrogen-bond acceptors (Lipinski definition) is 4. The number of rotatable bonds is 8. The number of aryl methyl sites for hydroxylation is 1. The number of hydrogen-bond donors (Lipinski definition) is 1. The summed E-state index contributed by atoms with van der Waals surface area (Å²) < 4.78 is 5.47. The van der Waals surface area contributed by atoms with Gasteiger partial charge in [0.15, 0.2) is 5.17 Å². The Morgan fingerprint density at radius 2 is 1.89 bits per heavy atom. The first-order valence-electron chi connectivity index (χ1n) is 9.40. The summed E-state index contributed by atoms with van der Waals surface area (Å²) in [6.07, 6.45) is 7.02. The lowest BCUT2D eigenvalue weighted by Gasteiger charge is -2.03. The summed E-state index contributed by atoms with van der Waals surface area (Å²) in [5, 5.41) is 3.43. The molecule has 1 heterocycles. The summed E-state index contributed by atoms with van der Waals surface area (Å²) in [4.78, 5) is 17.4. The van der Waals surface area contributed by atoms with Crippen LogP contribution in [0.2, 0.25) is 0 Å². The van der Waals surface area contributed by atoms with Crippen LogP contribution in [0.15, 0.2) is 71.1 Å². The normalized spacial score (nSPS) is 16.4. The van der Waals surface area contributed by atoms with Gasteiger partial charge in [-0.05, 0) is 66.1 Å². The van der Waals surface area contributed by atoms with Crippen molar-refractivity contribution >= 4 is 34.6 Å². The highest BCUT2D eigenvalue weighted by Crippen LogP contribution is 2.28. The molecule has 0 aliphatic carbocycles. The lowest BCUT2D eigenvalue weighted by molar-refractivity contribution is -0.115. The summed E-state index contributed by atoms with van der Waals surface area (Å²) in [5.41, 5.74) is 3.09. The molecule has 1 aliphatic rings. The lowest BCUT2D eigenvalue weighted by Crippen LogP contribution is -2.19. The van der Waals surface area contributed by atoms with E-state index in [-0.39, 0.29) is 5.91 Å². The van der Waals surface area contributed by atoms with Gasteiger partial charge in [0.05, 0.1) is 10.6 Å². The van der Waals surface area contributed by atoms with E-state index in [2.05, 4.69) is 35.9 Å². The van der Waals surface area contributed by atoms with Gasteiger partial charge in [0.1, 0.15) is 12.4 Å². The fraction of sp³-hybridized carbons (Fsp3) is 0.217. The van der Waals surface area contributed by atoms with Crippen LogP contribution in [0, 0.1) is 0 Å². The van der Waals surface area contributed by atoms with Gasteiger partial charge in [-0.1, -0.05) is 50.3 Å². The predicted octanol–water partition coefficient (Wildman–Crippen LogP) is 5.49. The largest absolute Gasteiger partial charge is 0.490 e. The number of aliphatic imine (C=N–C) groups is 1. The molecule has 4 nitrogen and oxygen atoms in total. The molecule has 2 aromatic carbocycles. The molecule has 0 radical (unpaired) electrons. The molecule has 0 bridgehead atoms. The number of amides is 1. The van der Waals surface area contributed by atoms with Crippen molar-refractivity contribution in [2.75, 3.05) is 6.61 Å². The van der Waals surface area contributed by atoms with Crippen LogP contribution < -0.4 is 10.1 Å². The summed E-state index contributed by atoms with van der Waals surface area (Å²) in [7, 11) is 0.